The maximum Gasteiger partial charge on any atom is 0.0616 e. The Morgan fingerprint density at radius 3 is 2.67 bits per heavy atom. The number of nitrogens with one attached hydrogen (secondary N) is 1. The fraction of sp³-hybridized carbons (Fsp3) is 1.00. The van der Waals surface area contributed by atoms with Crippen molar-refractivity contribution < 1.29 is 9.84 Å². The molecule has 0 fully saturated rings. The maximum atomic E-state index is 8.72. The summed E-state index contributed by atoms with van der Waals surface area (Å²) in [4.78, 5) is 0. The largest absolute Gasteiger partial charge is 0.396 e. The third-order valence-electron chi connectivity index (χ3n) is 1.72. The molecule has 0 aromatic heterocycles. The molecule has 4 N–H and O–H groups in total. The number of hydrogen-bond acceptors (Lipinski definition) is 4. The molecule has 0 aliphatic rings. The smallest absolute Gasteiger partial charge is 0.0616 e. The molecule has 0 aliphatic carbocycles. The number of ether oxygens (including phenoxy) is 1. The quantitative estimate of drug-likeness (QED) is 0.481. The van der Waals surface area contributed by atoms with Gasteiger partial charge in [-0.1, -0.05) is 0 Å². The molecule has 0 rings (SSSR count). The Balaban J connectivity index is 3.61. The van der Waals surface area contributed by atoms with Gasteiger partial charge in [-0.2, -0.15) is 0 Å². The van der Waals surface area contributed by atoms with Crippen molar-refractivity contribution in [3.05, 3.63) is 0 Å². The third kappa shape index (κ3) is 5.49. The SMILES string of the molecule is COCC(CCO)NC(C)CN. The lowest BCUT2D eigenvalue weighted by Gasteiger charge is -2.20. The van der Waals surface area contributed by atoms with E-state index < -0.39 is 0 Å². The standard InChI is InChI=1S/C8H20N2O2/c1-7(5-9)10-8(3-4-11)6-12-2/h7-8,10-11H,3-6,9H2,1-2H3. The summed E-state index contributed by atoms with van der Waals surface area (Å²) in [5, 5.41) is 12.0. The summed E-state index contributed by atoms with van der Waals surface area (Å²) in [6.07, 6.45) is 0.707. The van der Waals surface area contributed by atoms with Crippen molar-refractivity contribution in [1.29, 1.82) is 0 Å². The summed E-state index contributed by atoms with van der Waals surface area (Å²) in [5.41, 5.74) is 5.45. The first kappa shape index (κ1) is 11.8. The highest BCUT2D eigenvalue weighted by Crippen LogP contribution is 1.93. The summed E-state index contributed by atoms with van der Waals surface area (Å²) in [5.74, 6) is 0. The highest BCUT2D eigenvalue weighted by molar-refractivity contribution is 4.71. The molecular weight excluding hydrogens is 156 g/mol. The molecule has 0 radical (unpaired) electrons. The van der Waals surface area contributed by atoms with Crippen LogP contribution in [0.5, 0.6) is 0 Å². The summed E-state index contributed by atoms with van der Waals surface area (Å²) in [6, 6.07) is 0.482. The highest BCUT2D eigenvalue weighted by Gasteiger charge is 2.09. The van der Waals surface area contributed by atoms with Gasteiger partial charge in [-0.15, -0.1) is 0 Å². The Hall–Kier alpha value is -0.160. The maximum absolute atomic E-state index is 8.72. The van der Waals surface area contributed by atoms with Crippen LogP contribution in [0.3, 0.4) is 0 Å². The molecule has 0 aromatic rings. The molecule has 2 unspecified atom stereocenters. The van der Waals surface area contributed by atoms with Crippen LogP contribution >= 0.6 is 0 Å². The molecule has 0 saturated heterocycles. The molecule has 4 heteroatoms. The van der Waals surface area contributed by atoms with Crippen LogP contribution in [0.4, 0.5) is 0 Å². The molecule has 12 heavy (non-hydrogen) atoms. The summed E-state index contributed by atoms with van der Waals surface area (Å²) >= 11 is 0. The lowest BCUT2D eigenvalue weighted by atomic mass is 10.2. The van der Waals surface area contributed by atoms with Gasteiger partial charge in [0.1, 0.15) is 0 Å². The van der Waals surface area contributed by atoms with Crippen LogP contribution in [0.25, 0.3) is 0 Å². The molecule has 2 atom stereocenters. The fourth-order valence-corrected chi connectivity index (χ4v) is 1.04. The summed E-state index contributed by atoms with van der Waals surface area (Å²) < 4.78 is 4.99. The van der Waals surface area contributed by atoms with E-state index in [9.17, 15) is 0 Å². The number of aliphatic hydroxyl groups excluding tert-OH is 1. The van der Waals surface area contributed by atoms with Gasteiger partial charge in [-0.25, -0.2) is 0 Å². The zero-order chi connectivity index (χ0) is 9.40. The lowest BCUT2D eigenvalue weighted by molar-refractivity contribution is 0.144. The number of rotatable bonds is 7. The molecule has 0 heterocycles. The van der Waals surface area contributed by atoms with Crippen molar-refractivity contribution in [2.24, 2.45) is 5.73 Å². The van der Waals surface area contributed by atoms with Crippen molar-refractivity contribution >= 4 is 0 Å². The van der Waals surface area contributed by atoms with E-state index in [-0.39, 0.29) is 18.7 Å². The Labute approximate surface area is 74.1 Å². The second-order valence-corrected chi connectivity index (χ2v) is 2.97. The van der Waals surface area contributed by atoms with Gasteiger partial charge >= 0.3 is 0 Å². The summed E-state index contributed by atoms with van der Waals surface area (Å²) in [6.45, 7) is 3.41. The van der Waals surface area contributed by atoms with E-state index >= 15 is 0 Å². The molecule has 0 bridgehead atoms. The van der Waals surface area contributed by atoms with Gasteiger partial charge < -0.3 is 20.9 Å². The van der Waals surface area contributed by atoms with Crippen molar-refractivity contribution in [3.63, 3.8) is 0 Å². The number of hydrogen-bond donors (Lipinski definition) is 3. The van der Waals surface area contributed by atoms with Gasteiger partial charge in [0.25, 0.3) is 0 Å². The molecular formula is C8H20N2O2. The van der Waals surface area contributed by atoms with Gasteiger partial charge in [-0.3, -0.25) is 0 Å². The van der Waals surface area contributed by atoms with Crippen molar-refractivity contribution in [2.45, 2.75) is 25.4 Å². The molecule has 0 amide bonds. The first-order valence-electron chi connectivity index (χ1n) is 4.30. The van der Waals surface area contributed by atoms with E-state index in [0.29, 0.717) is 19.6 Å². The zero-order valence-electron chi connectivity index (χ0n) is 7.92. The first-order chi connectivity index (χ1) is 5.74. The monoisotopic (exact) mass is 176 g/mol. The van der Waals surface area contributed by atoms with Gasteiger partial charge in [-0.05, 0) is 13.3 Å². The number of nitrogens with two attached hydrogens (primary N) is 1. The molecule has 0 spiro atoms. The van der Waals surface area contributed by atoms with E-state index in [4.69, 9.17) is 15.6 Å². The van der Waals surface area contributed by atoms with E-state index in [0.717, 1.165) is 0 Å². The van der Waals surface area contributed by atoms with Gasteiger partial charge in [0.2, 0.25) is 0 Å². The van der Waals surface area contributed by atoms with Crippen LogP contribution in [0.2, 0.25) is 0 Å². The van der Waals surface area contributed by atoms with Crippen molar-refractivity contribution in [1.82, 2.24) is 5.32 Å². The molecule has 74 valence electrons. The van der Waals surface area contributed by atoms with Crippen molar-refractivity contribution in [2.75, 3.05) is 26.9 Å². The van der Waals surface area contributed by atoms with Crippen LogP contribution in [0, 0.1) is 0 Å². The highest BCUT2D eigenvalue weighted by atomic mass is 16.5. The van der Waals surface area contributed by atoms with E-state index in [2.05, 4.69) is 5.32 Å². The Kier molecular flexibility index (Phi) is 7.39. The molecule has 0 aliphatic heterocycles. The van der Waals surface area contributed by atoms with E-state index in [1.807, 2.05) is 6.92 Å². The normalized spacial score (nSPS) is 16.0. The predicted molar refractivity (Wildman–Crippen MR) is 49.0 cm³/mol. The van der Waals surface area contributed by atoms with Crippen LogP contribution in [-0.2, 0) is 4.74 Å². The second kappa shape index (κ2) is 7.49. The Morgan fingerprint density at radius 1 is 1.58 bits per heavy atom. The average molecular weight is 176 g/mol. The number of aliphatic hydroxyl groups is 1. The first-order valence-corrected chi connectivity index (χ1v) is 4.30. The topological polar surface area (TPSA) is 67.5 Å². The minimum absolute atomic E-state index is 0.179. The summed E-state index contributed by atoms with van der Waals surface area (Å²) in [7, 11) is 1.65. The van der Waals surface area contributed by atoms with E-state index in [1.54, 1.807) is 7.11 Å². The van der Waals surface area contributed by atoms with E-state index in [1.165, 1.54) is 0 Å². The second-order valence-electron chi connectivity index (χ2n) is 2.97. The molecule has 0 aromatic carbocycles. The third-order valence-corrected chi connectivity index (χ3v) is 1.72. The van der Waals surface area contributed by atoms with Gasteiger partial charge in [0.15, 0.2) is 0 Å². The van der Waals surface area contributed by atoms with Crippen LogP contribution in [0.15, 0.2) is 0 Å². The van der Waals surface area contributed by atoms with Crippen LogP contribution in [0.1, 0.15) is 13.3 Å². The average Bonchev–Trinajstić information content (AvgIpc) is 2.05. The minimum Gasteiger partial charge on any atom is -0.396 e. The molecule has 4 nitrogen and oxygen atoms in total. The minimum atomic E-state index is 0.179. The van der Waals surface area contributed by atoms with Gasteiger partial charge in [0, 0.05) is 32.3 Å². The van der Waals surface area contributed by atoms with Crippen LogP contribution in [-0.4, -0.2) is 44.1 Å². The molecule has 0 saturated carbocycles. The lowest BCUT2D eigenvalue weighted by Crippen LogP contribution is -2.43. The van der Waals surface area contributed by atoms with Crippen molar-refractivity contribution in [3.8, 4) is 0 Å². The Bertz CT molecular complexity index is 95.1. The fourth-order valence-electron chi connectivity index (χ4n) is 1.04. The number of methoxy groups -OCH3 is 1. The zero-order valence-corrected chi connectivity index (χ0v) is 7.92. The van der Waals surface area contributed by atoms with Crippen LogP contribution < -0.4 is 11.1 Å². The van der Waals surface area contributed by atoms with Gasteiger partial charge in [0.05, 0.1) is 6.61 Å². The Morgan fingerprint density at radius 2 is 2.25 bits per heavy atom. The predicted octanol–water partition coefficient (Wildman–Crippen LogP) is -0.679.